The second kappa shape index (κ2) is 5.73. The Morgan fingerprint density at radius 1 is 1.42 bits per heavy atom. The van der Waals surface area contributed by atoms with Crippen LogP contribution in [0.1, 0.15) is 12.5 Å². The Balaban J connectivity index is 2.82. The highest BCUT2D eigenvalue weighted by atomic mass is 19.4. The normalized spacial score (nSPS) is 12.4. The lowest BCUT2D eigenvalue weighted by atomic mass is 10.2. The lowest BCUT2D eigenvalue weighted by Gasteiger charge is -2.10. The molecule has 0 fully saturated rings. The van der Waals surface area contributed by atoms with E-state index in [0.717, 1.165) is 6.07 Å². The summed E-state index contributed by atoms with van der Waals surface area (Å²) in [6.45, 7) is 1.10. The van der Waals surface area contributed by atoms with E-state index in [1.165, 1.54) is 13.0 Å². The van der Waals surface area contributed by atoms with Crippen LogP contribution in [0.3, 0.4) is 0 Å². The highest BCUT2D eigenvalue weighted by molar-refractivity contribution is 5.85. The molecule has 1 rings (SSSR count). The Kier molecular flexibility index (Phi) is 4.52. The van der Waals surface area contributed by atoms with E-state index >= 15 is 0 Å². The molecule has 0 aliphatic rings. The number of benzene rings is 1. The molecule has 0 spiro atoms. The smallest absolute Gasteiger partial charge is 0.419 e. The third-order valence-electron chi connectivity index (χ3n) is 2.22. The number of carboxylic acid groups (broad SMARTS) is 1. The molecule has 19 heavy (non-hydrogen) atoms. The fourth-order valence-corrected chi connectivity index (χ4v) is 1.16. The molecule has 0 aromatic heterocycles. The first-order valence-electron chi connectivity index (χ1n) is 5.11. The Hall–Kier alpha value is -2.05. The zero-order valence-corrected chi connectivity index (χ0v) is 9.79. The van der Waals surface area contributed by atoms with Crippen molar-refractivity contribution in [2.75, 3.05) is 6.61 Å². The van der Waals surface area contributed by atoms with E-state index in [0.29, 0.717) is 12.1 Å². The number of carbonyl (C=O) groups is 1. The van der Waals surface area contributed by atoms with Crippen LogP contribution in [0.25, 0.3) is 0 Å². The van der Waals surface area contributed by atoms with Crippen LogP contribution in [0.2, 0.25) is 0 Å². The Labute approximate surface area is 106 Å². The van der Waals surface area contributed by atoms with Gasteiger partial charge in [0.2, 0.25) is 0 Å². The molecule has 0 saturated heterocycles. The van der Waals surface area contributed by atoms with E-state index in [4.69, 9.17) is 9.84 Å². The molecule has 0 saturated carbocycles. The fourth-order valence-electron chi connectivity index (χ4n) is 1.16. The maximum Gasteiger partial charge on any atom is 0.419 e. The van der Waals surface area contributed by atoms with E-state index in [9.17, 15) is 22.4 Å². The second-order valence-corrected chi connectivity index (χ2v) is 3.64. The summed E-state index contributed by atoms with van der Waals surface area (Å²) in [6.07, 6.45) is -3.62. The zero-order valence-electron chi connectivity index (χ0n) is 9.79. The zero-order chi connectivity index (χ0) is 14.6. The fraction of sp³-hybridized carbons (Fsp3) is 0.250. The van der Waals surface area contributed by atoms with Crippen LogP contribution in [0.4, 0.5) is 17.6 Å². The van der Waals surface area contributed by atoms with Crippen LogP contribution >= 0.6 is 0 Å². The van der Waals surface area contributed by atoms with E-state index in [1.54, 1.807) is 0 Å². The number of hydrogen-bond donors (Lipinski definition) is 1. The van der Waals surface area contributed by atoms with Crippen molar-refractivity contribution in [3.63, 3.8) is 0 Å². The Bertz CT molecular complexity index is 506. The minimum atomic E-state index is -4.81. The van der Waals surface area contributed by atoms with Gasteiger partial charge in [0.15, 0.2) is 0 Å². The van der Waals surface area contributed by atoms with E-state index in [1.807, 2.05) is 0 Å². The topological polar surface area (TPSA) is 46.5 Å². The van der Waals surface area contributed by atoms with Gasteiger partial charge in [0.25, 0.3) is 0 Å². The summed E-state index contributed by atoms with van der Waals surface area (Å²) in [5.41, 5.74) is -1.43. The van der Waals surface area contributed by atoms with Crippen molar-refractivity contribution in [3.8, 4) is 5.75 Å². The predicted molar refractivity (Wildman–Crippen MR) is 58.3 cm³/mol. The van der Waals surface area contributed by atoms with Crippen LogP contribution in [-0.4, -0.2) is 17.7 Å². The Morgan fingerprint density at radius 3 is 2.58 bits per heavy atom. The van der Waals surface area contributed by atoms with Gasteiger partial charge >= 0.3 is 12.1 Å². The summed E-state index contributed by atoms with van der Waals surface area (Å²) in [5, 5.41) is 8.54. The maximum absolute atomic E-state index is 13.0. The molecule has 1 aromatic carbocycles. The molecule has 104 valence electrons. The summed E-state index contributed by atoms with van der Waals surface area (Å²) >= 11 is 0. The third kappa shape index (κ3) is 4.27. The molecule has 0 heterocycles. The van der Waals surface area contributed by atoms with E-state index < -0.39 is 23.5 Å². The highest BCUT2D eigenvalue weighted by Gasteiger charge is 2.34. The van der Waals surface area contributed by atoms with Crippen molar-refractivity contribution in [2.45, 2.75) is 13.1 Å². The predicted octanol–water partition coefficient (Wildman–Crippen LogP) is 3.25. The molecule has 1 N–H and O–H groups in total. The van der Waals surface area contributed by atoms with Gasteiger partial charge in [-0.3, -0.25) is 0 Å². The maximum atomic E-state index is 13.0. The molecule has 7 heteroatoms. The van der Waals surface area contributed by atoms with Gasteiger partial charge in [0.1, 0.15) is 18.2 Å². The van der Waals surface area contributed by atoms with Gasteiger partial charge in [-0.05, 0) is 31.2 Å². The SMILES string of the molecule is C/C(=C/COc1ccc(F)c(C(F)(F)F)c1)C(=O)O. The van der Waals surface area contributed by atoms with Crippen molar-refractivity contribution in [3.05, 3.63) is 41.2 Å². The van der Waals surface area contributed by atoms with Crippen LogP contribution in [0.15, 0.2) is 29.8 Å². The monoisotopic (exact) mass is 278 g/mol. The van der Waals surface area contributed by atoms with Crippen LogP contribution in [-0.2, 0) is 11.0 Å². The van der Waals surface area contributed by atoms with Crippen molar-refractivity contribution < 1.29 is 32.2 Å². The molecule has 3 nitrogen and oxygen atoms in total. The number of hydrogen-bond acceptors (Lipinski definition) is 2. The van der Waals surface area contributed by atoms with Crippen LogP contribution < -0.4 is 4.74 Å². The highest BCUT2D eigenvalue weighted by Crippen LogP contribution is 2.33. The second-order valence-electron chi connectivity index (χ2n) is 3.64. The quantitative estimate of drug-likeness (QED) is 0.679. The lowest BCUT2D eigenvalue weighted by molar-refractivity contribution is -0.140. The molecule has 0 unspecified atom stereocenters. The molecule has 0 aliphatic carbocycles. The summed E-state index contributed by atoms with van der Waals surface area (Å²) in [7, 11) is 0. The number of halogens is 4. The van der Waals surface area contributed by atoms with Gasteiger partial charge in [-0.2, -0.15) is 13.2 Å². The van der Waals surface area contributed by atoms with Crippen molar-refractivity contribution in [1.29, 1.82) is 0 Å². The first kappa shape index (κ1) is 15.0. The summed E-state index contributed by atoms with van der Waals surface area (Å²) in [6, 6.07) is 2.21. The number of alkyl halides is 3. The molecular weight excluding hydrogens is 268 g/mol. The van der Waals surface area contributed by atoms with Crippen molar-refractivity contribution >= 4 is 5.97 Å². The number of rotatable bonds is 4. The molecule has 1 aromatic rings. The summed E-state index contributed by atoms with van der Waals surface area (Å²) < 4.78 is 55.1. The van der Waals surface area contributed by atoms with Gasteiger partial charge in [-0.15, -0.1) is 0 Å². The number of carboxylic acids is 1. The largest absolute Gasteiger partial charge is 0.490 e. The third-order valence-corrected chi connectivity index (χ3v) is 2.22. The first-order valence-corrected chi connectivity index (χ1v) is 5.11. The van der Waals surface area contributed by atoms with Crippen molar-refractivity contribution in [2.24, 2.45) is 0 Å². The molecule has 0 aliphatic heterocycles. The summed E-state index contributed by atoms with van der Waals surface area (Å²) in [5.74, 6) is -2.74. The van der Waals surface area contributed by atoms with Gasteiger partial charge in [-0.25, -0.2) is 9.18 Å². The lowest BCUT2D eigenvalue weighted by Crippen LogP contribution is -2.08. The number of ether oxygens (including phenoxy) is 1. The van der Waals surface area contributed by atoms with Gasteiger partial charge in [0, 0.05) is 5.57 Å². The average Bonchev–Trinajstić information content (AvgIpc) is 2.29. The van der Waals surface area contributed by atoms with Crippen LogP contribution in [0.5, 0.6) is 5.75 Å². The molecule has 0 atom stereocenters. The van der Waals surface area contributed by atoms with Crippen LogP contribution in [0, 0.1) is 5.82 Å². The number of aliphatic carboxylic acids is 1. The first-order chi connectivity index (χ1) is 8.71. The average molecular weight is 278 g/mol. The molecule has 0 amide bonds. The van der Waals surface area contributed by atoms with E-state index in [2.05, 4.69) is 0 Å². The summed E-state index contributed by atoms with van der Waals surface area (Å²) in [4.78, 5) is 10.4. The van der Waals surface area contributed by atoms with E-state index in [-0.39, 0.29) is 17.9 Å². The minimum Gasteiger partial charge on any atom is -0.490 e. The van der Waals surface area contributed by atoms with Gasteiger partial charge in [0.05, 0.1) is 5.56 Å². The molecule has 0 bridgehead atoms. The standard InChI is InChI=1S/C12H10F4O3/c1-7(11(17)18)4-5-19-8-2-3-10(13)9(6-8)12(14,15)16/h2-4,6H,5H2,1H3,(H,17,18)/b7-4-. The molecular formula is C12H10F4O3. The van der Waals surface area contributed by atoms with Gasteiger partial charge < -0.3 is 9.84 Å². The van der Waals surface area contributed by atoms with Crippen molar-refractivity contribution in [1.82, 2.24) is 0 Å². The molecule has 0 radical (unpaired) electrons. The Morgan fingerprint density at radius 2 is 2.05 bits per heavy atom. The van der Waals surface area contributed by atoms with Gasteiger partial charge in [-0.1, -0.05) is 0 Å². The minimum absolute atomic E-state index is 0.00171.